The molecule has 0 aliphatic carbocycles. The van der Waals surface area contributed by atoms with E-state index in [4.69, 9.17) is 9.94 Å². The van der Waals surface area contributed by atoms with Crippen molar-refractivity contribution in [1.29, 1.82) is 0 Å². The molecular formula is C10H12N2O2. The monoisotopic (exact) mass is 192 g/mol. The zero-order valence-electron chi connectivity index (χ0n) is 7.97. The highest BCUT2D eigenvalue weighted by Crippen LogP contribution is 2.24. The molecule has 0 amide bonds. The van der Waals surface area contributed by atoms with E-state index in [1.807, 2.05) is 25.1 Å². The van der Waals surface area contributed by atoms with E-state index in [2.05, 4.69) is 10.1 Å². The quantitative estimate of drug-likeness (QED) is 0.759. The molecule has 0 spiro atoms. The van der Waals surface area contributed by atoms with Gasteiger partial charge >= 0.3 is 0 Å². The molecule has 0 fully saturated rings. The summed E-state index contributed by atoms with van der Waals surface area (Å²) in [6.07, 6.45) is 2.31. The molecule has 14 heavy (non-hydrogen) atoms. The second-order valence-electron chi connectivity index (χ2n) is 3.63. The van der Waals surface area contributed by atoms with Crippen LogP contribution >= 0.6 is 0 Å². The second-order valence-corrected chi connectivity index (χ2v) is 3.63. The summed E-state index contributed by atoms with van der Waals surface area (Å²) in [5, 5.41) is 13.0. The third kappa shape index (κ3) is 1.61. The largest absolute Gasteiger partial charge is 0.392 e. The van der Waals surface area contributed by atoms with Crippen LogP contribution in [0, 0.1) is 0 Å². The summed E-state index contributed by atoms with van der Waals surface area (Å²) >= 11 is 0. The number of rotatable bonds is 2. The van der Waals surface area contributed by atoms with Crippen molar-refractivity contribution in [3.63, 3.8) is 0 Å². The van der Waals surface area contributed by atoms with Gasteiger partial charge in [-0.25, -0.2) is 0 Å². The van der Waals surface area contributed by atoms with Crippen LogP contribution in [0.25, 0.3) is 0 Å². The van der Waals surface area contributed by atoms with E-state index in [1.54, 1.807) is 6.20 Å². The Morgan fingerprint density at radius 1 is 1.57 bits per heavy atom. The van der Waals surface area contributed by atoms with Crippen molar-refractivity contribution in [3.05, 3.63) is 30.1 Å². The lowest BCUT2D eigenvalue weighted by Gasteiger charge is -2.16. The van der Waals surface area contributed by atoms with Crippen molar-refractivity contribution in [2.75, 3.05) is 6.61 Å². The minimum Gasteiger partial charge on any atom is -0.392 e. The number of aromatic nitrogens is 1. The number of aliphatic hydroxyl groups excluding tert-OH is 1. The summed E-state index contributed by atoms with van der Waals surface area (Å²) in [7, 11) is 0. The van der Waals surface area contributed by atoms with E-state index < -0.39 is 5.60 Å². The van der Waals surface area contributed by atoms with E-state index in [0.29, 0.717) is 6.42 Å². The summed E-state index contributed by atoms with van der Waals surface area (Å²) in [6, 6.07) is 5.63. The predicted octanol–water partition coefficient (Wildman–Crippen LogP) is 0.957. The first kappa shape index (κ1) is 9.15. The summed E-state index contributed by atoms with van der Waals surface area (Å²) in [5.74, 6) is 0. The van der Waals surface area contributed by atoms with Gasteiger partial charge in [-0.15, -0.1) is 0 Å². The molecular weight excluding hydrogens is 180 g/mol. The summed E-state index contributed by atoms with van der Waals surface area (Å²) in [6.45, 7) is 1.79. The zero-order valence-corrected chi connectivity index (χ0v) is 7.97. The molecule has 0 saturated heterocycles. The van der Waals surface area contributed by atoms with Crippen LogP contribution < -0.4 is 0 Å². The fourth-order valence-electron chi connectivity index (χ4n) is 1.34. The topological polar surface area (TPSA) is 54.7 Å². The van der Waals surface area contributed by atoms with Gasteiger partial charge in [0.2, 0.25) is 0 Å². The molecule has 1 N–H and O–H groups in total. The highest BCUT2D eigenvalue weighted by molar-refractivity contribution is 5.99. The first-order valence-electron chi connectivity index (χ1n) is 4.51. The molecule has 2 rings (SSSR count). The summed E-state index contributed by atoms with van der Waals surface area (Å²) < 4.78 is 0. The Morgan fingerprint density at radius 3 is 3.00 bits per heavy atom. The molecule has 1 unspecified atom stereocenters. The van der Waals surface area contributed by atoms with Crippen molar-refractivity contribution in [2.24, 2.45) is 5.16 Å². The number of pyridine rings is 1. The molecule has 1 aliphatic heterocycles. The molecule has 1 atom stereocenters. The van der Waals surface area contributed by atoms with Crippen molar-refractivity contribution in [2.45, 2.75) is 18.9 Å². The predicted molar refractivity (Wildman–Crippen MR) is 52.0 cm³/mol. The maximum atomic E-state index is 9.07. The van der Waals surface area contributed by atoms with Crippen LogP contribution in [0.2, 0.25) is 0 Å². The Bertz CT molecular complexity index is 350. The van der Waals surface area contributed by atoms with E-state index in [-0.39, 0.29) is 6.61 Å². The molecule has 0 aromatic carbocycles. The van der Waals surface area contributed by atoms with Gasteiger partial charge in [0.1, 0.15) is 5.71 Å². The number of hydrogen-bond acceptors (Lipinski definition) is 4. The van der Waals surface area contributed by atoms with Gasteiger partial charge < -0.3 is 9.94 Å². The fraction of sp³-hybridized carbons (Fsp3) is 0.400. The van der Waals surface area contributed by atoms with Crippen molar-refractivity contribution < 1.29 is 9.94 Å². The van der Waals surface area contributed by atoms with Crippen LogP contribution in [-0.4, -0.2) is 28.0 Å². The fourth-order valence-corrected chi connectivity index (χ4v) is 1.34. The van der Waals surface area contributed by atoms with Crippen LogP contribution in [-0.2, 0) is 4.84 Å². The van der Waals surface area contributed by atoms with Crippen LogP contribution in [0.4, 0.5) is 0 Å². The van der Waals surface area contributed by atoms with Crippen molar-refractivity contribution >= 4 is 5.71 Å². The van der Waals surface area contributed by atoms with Gasteiger partial charge in [-0.2, -0.15) is 0 Å². The number of oxime groups is 1. The third-order valence-corrected chi connectivity index (χ3v) is 2.21. The standard InChI is InChI=1S/C10H12N2O2/c1-10(7-13)6-9(12-14-10)8-4-2-3-5-11-8/h2-5,13H,6-7H2,1H3. The molecule has 1 aliphatic rings. The molecule has 4 heteroatoms. The Balaban J connectivity index is 2.17. The number of aliphatic hydroxyl groups is 1. The minimum absolute atomic E-state index is 0.0349. The Labute approximate surface area is 82.2 Å². The molecule has 0 radical (unpaired) electrons. The second kappa shape index (κ2) is 3.38. The van der Waals surface area contributed by atoms with Crippen LogP contribution in [0.5, 0.6) is 0 Å². The Kier molecular flexibility index (Phi) is 2.21. The summed E-state index contributed by atoms with van der Waals surface area (Å²) in [4.78, 5) is 9.32. The smallest absolute Gasteiger partial charge is 0.163 e. The van der Waals surface area contributed by atoms with Crippen molar-refractivity contribution in [1.82, 2.24) is 4.98 Å². The first-order chi connectivity index (χ1) is 6.73. The average Bonchev–Trinajstić information content (AvgIpc) is 2.63. The summed E-state index contributed by atoms with van der Waals surface area (Å²) in [5.41, 5.74) is 1.03. The van der Waals surface area contributed by atoms with E-state index in [0.717, 1.165) is 11.4 Å². The van der Waals surface area contributed by atoms with Gasteiger partial charge in [0.25, 0.3) is 0 Å². The van der Waals surface area contributed by atoms with Crippen LogP contribution in [0.1, 0.15) is 19.0 Å². The SMILES string of the molecule is CC1(CO)CC(c2ccccn2)=NO1. The van der Waals surface area contributed by atoms with Crippen LogP contribution in [0.15, 0.2) is 29.6 Å². The van der Waals surface area contributed by atoms with Gasteiger partial charge in [0, 0.05) is 12.6 Å². The molecule has 1 aromatic heterocycles. The van der Waals surface area contributed by atoms with Crippen LogP contribution in [0.3, 0.4) is 0 Å². The molecule has 0 bridgehead atoms. The van der Waals surface area contributed by atoms with E-state index in [9.17, 15) is 0 Å². The maximum absolute atomic E-state index is 9.07. The molecule has 1 aromatic rings. The van der Waals surface area contributed by atoms with Gasteiger partial charge in [-0.3, -0.25) is 4.98 Å². The maximum Gasteiger partial charge on any atom is 0.163 e. The lowest BCUT2D eigenvalue weighted by Crippen LogP contribution is -2.29. The van der Waals surface area contributed by atoms with Gasteiger partial charge in [0.15, 0.2) is 5.60 Å². The highest BCUT2D eigenvalue weighted by Gasteiger charge is 2.34. The molecule has 74 valence electrons. The van der Waals surface area contributed by atoms with Crippen molar-refractivity contribution in [3.8, 4) is 0 Å². The average molecular weight is 192 g/mol. The number of hydrogen-bond donors (Lipinski definition) is 1. The Morgan fingerprint density at radius 2 is 2.43 bits per heavy atom. The molecule has 4 nitrogen and oxygen atoms in total. The molecule has 2 heterocycles. The minimum atomic E-state index is -0.577. The Hall–Kier alpha value is -1.42. The van der Waals surface area contributed by atoms with E-state index in [1.165, 1.54) is 0 Å². The van der Waals surface area contributed by atoms with E-state index >= 15 is 0 Å². The zero-order chi connectivity index (χ0) is 10.0. The third-order valence-electron chi connectivity index (χ3n) is 2.21. The lowest BCUT2D eigenvalue weighted by atomic mass is 9.99. The number of nitrogens with zero attached hydrogens (tertiary/aromatic N) is 2. The van der Waals surface area contributed by atoms with Gasteiger partial charge in [0.05, 0.1) is 12.3 Å². The first-order valence-corrected chi connectivity index (χ1v) is 4.51. The molecule has 0 saturated carbocycles. The highest BCUT2D eigenvalue weighted by atomic mass is 16.7. The normalized spacial score (nSPS) is 25.7. The lowest BCUT2D eigenvalue weighted by molar-refractivity contribution is -0.0428. The van der Waals surface area contributed by atoms with Gasteiger partial charge in [-0.05, 0) is 19.1 Å². The van der Waals surface area contributed by atoms with Gasteiger partial charge in [-0.1, -0.05) is 11.2 Å².